The van der Waals surface area contributed by atoms with Crippen molar-refractivity contribution in [3.05, 3.63) is 35.9 Å². The van der Waals surface area contributed by atoms with Gasteiger partial charge in [-0.2, -0.15) is 4.89 Å². The van der Waals surface area contributed by atoms with Gasteiger partial charge in [0.25, 0.3) is 0 Å². The van der Waals surface area contributed by atoms with Crippen LogP contribution in [0, 0.1) is 0 Å². The maximum atomic E-state index is 10.3. The normalized spacial score (nSPS) is 11.4. The summed E-state index contributed by atoms with van der Waals surface area (Å²) >= 11 is 0. The van der Waals surface area contributed by atoms with E-state index in [1.165, 1.54) is 0 Å². The molecule has 0 bridgehead atoms. The van der Waals surface area contributed by atoms with E-state index in [9.17, 15) is 4.57 Å². The minimum atomic E-state index is -2.00. The van der Waals surface area contributed by atoms with Crippen molar-refractivity contribution in [2.24, 2.45) is 0 Å². The van der Waals surface area contributed by atoms with Gasteiger partial charge in [-0.05, 0) is 10.1 Å². The Morgan fingerprint density at radius 3 is 2.64 bits per heavy atom. The van der Waals surface area contributed by atoms with Crippen LogP contribution in [0.1, 0.15) is 12.0 Å². The molecule has 0 radical (unpaired) electrons. The first-order valence-corrected chi connectivity index (χ1v) is 5.94. The highest BCUT2D eigenvalue weighted by Gasteiger charge is 2.07. The summed E-state index contributed by atoms with van der Waals surface area (Å²) in [5.41, 5.74) is 1.13. The molecule has 0 aliphatic rings. The third-order valence-electron chi connectivity index (χ3n) is 1.75. The van der Waals surface area contributed by atoms with Crippen LogP contribution in [0.4, 0.5) is 0 Å². The fraction of sp³-hybridized carbons (Fsp3) is 0.400. The van der Waals surface area contributed by atoms with Crippen LogP contribution in [0.25, 0.3) is 0 Å². The van der Waals surface area contributed by atoms with Crippen LogP contribution >= 0.6 is 8.03 Å². The van der Waals surface area contributed by atoms with Crippen molar-refractivity contribution in [2.75, 3.05) is 12.8 Å². The Hall–Kier alpha value is -0.760. The molecule has 0 aliphatic carbocycles. The smallest absolute Gasteiger partial charge is 0.377 e. The first-order valence-electron chi connectivity index (χ1n) is 4.54. The average Bonchev–Trinajstić information content (AvgIpc) is 2.18. The van der Waals surface area contributed by atoms with Crippen molar-refractivity contribution in [2.45, 2.75) is 13.0 Å². The molecule has 1 aromatic carbocycles. The topological polar surface area (TPSA) is 46.5 Å². The second-order valence-electron chi connectivity index (χ2n) is 2.97. The Morgan fingerprint density at radius 2 is 2.00 bits per heavy atom. The van der Waals surface area contributed by atoms with Crippen molar-refractivity contribution in [1.82, 2.24) is 0 Å². The zero-order valence-electron chi connectivity index (χ0n) is 7.93. The van der Waals surface area contributed by atoms with E-state index >= 15 is 0 Å². The second-order valence-corrected chi connectivity index (χ2v) is 4.12. The highest BCUT2D eigenvalue weighted by atomic mass is 31.1. The van der Waals surface area contributed by atoms with E-state index in [4.69, 9.17) is 9.63 Å². The first kappa shape index (κ1) is 11.3. The zero-order valence-corrected chi connectivity index (χ0v) is 8.82. The Balaban J connectivity index is 2.08. The molecule has 14 heavy (non-hydrogen) atoms. The van der Waals surface area contributed by atoms with Crippen LogP contribution in [0.2, 0.25) is 0 Å². The fourth-order valence-electron chi connectivity index (χ4n) is 1.07. The zero-order chi connectivity index (χ0) is 10.2. The van der Waals surface area contributed by atoms with Gasteiger partial charge in [0.1, 0.15) is 0 Å². The molecule has 0 aromatic heterocycles. The summed E-state index contributed by atoms with van der Waals surface area (Å²) in [6.45, 7) is 1.11. The lowest BCUT2D eigenvalue weighted by Crippen LogP contribution is -1.96. The van der Waals surface area contributed by atoms with Crippen LogP contribution in [0.3, 0.4) is 0 Å². The lowest BCUT2D eigenvalue weighted by molar-refractivity contribution is 0.121. The van der Waals surface area contributed by atoms with Crippen molar-refractivity contribution in [3.8, 4) is 0 Å². The number of rotatable bonds is 6. The molecule has 0 spiro atoms. The molecule has 1 aromatic rings. The summed E-state index contributed by atoms with van der Waals surface area (Å²) in [6.07, 6.45) is 0.961. The van der Waals surface area contributed by atoms with Gasteiger partial charge in [0.15, 0.2) is 6.16 Å². The Kier molecular flexibility index (Phi) is 5.38. The summed E-state index contributed by atoms with van der Waals surface area (Å²) in [7, 11) is -2.00. The number of hydrogen-bond donors (Lipinski definition) is 1. The van der Waals surface area contributed by atoms with Gasteiger partial charge in [-0.25, -0.2) is 0 Å². The van der Waals surface area contributed by atoms with Crippen LogP contribution in [-0.4, -0.2) is 17.7 Å². The van der Waals surface area contributed by atoms with Crippen LogP contribution in [-0.2, 0) is 15.9 Å². The first-order chi connectivity index (χ1) is 6.79. The number of benzene rings is 1. The van der Waals surface area contributed by atoms with Gasteiger partial charge in [-0.1, -0.05) is 30.3 Å². The van der Waals surface area contributed by atoms with Crippen LogP contribution < -0.4 is 0 Å². The summed E-state index contributed by atoms with van der Waals surface area (Å²) in [4.78, 5) is 8.52. The van der Waals surface area contributed by atoms with Crippen LogP contribution in [0.15, 0.2) is 30.3 Å². The molecule has 1 atom stereocenters. The molecule has 1 rings (SSSR count). The lowest BCUT2D eigenvalue weighted by Gasteiger charge is -2.01. The van der Waals surface area contributed by atoms with Gasteiger partial charge in [0.2, 0.25) is 0 Å². The van der Waals surface area contributed by atoms with E-state index in [-0.39, 0.29) is 0 Å². The van der Waals surface area contributed by atoms with E-state index in [1.807, 2.05) is 30.3 Å². The minimum absolute atomic E-state index is 0.324. The maximum Gasteiger partial charge on any atom is 0.505 e. The molecule has 0 fully saturated rings. The van der Waals surface area contributed by atoms with Crippen molar-refractivity contribution in [3.63, 3.8) is 0 Å². The van der Waals surface area contributed by atoms with Gasteiger partial charge >= 0.3 is 8.03 Å². The molecular weight excluding hydrogens is 199 g/mol. The highest BCUT2D eigenvalue weighted by Crippen LogP contribution is 2.13. The van der Waals surface area contributed by atoms with E-state index in [0.29, 0.717) is 25.8 Å². The van der Waals surface area contributed by atoms with E-state index in [2.05, 4.69) is 0 Å². The Morgan fingerprint density at radius 1 is 1.29 bits per heavy atom. The van der Waals surface area contributed by atoms with Crippen molar-refractivity contribution in [1.29, 1.82) is 0 Å². The van der Waals surface area contributed by atoms with Gasteiger partial charge < -0.3 is 4.74 Å². The number of hydrogen-bond acceptors (Lipinski definition) is 2. The van der Waals surface area contributed by atoms with Gasteiger partial charge in [-0.3, -0.25) is 0 Å². The standard InChI is InChI=1S/C10H13O3P/c11-14(12)8-4-7-13-9-10-5-2-1-3-6-10/h1-3,5-6H,4,7-9H2/p+1. The van der Waals surface area contributed by atoms with E-state index in [1.54, 1.807) is 0 Å². The maximum absolute atomic E-state index is 10.3. The fourth-order valence-corrected chi connectivity index (χ4v) is 1.47. The van der Waals surface area contributed by atoms with Gasteiger partial charge in [0.05, 0.1) is 13.2 Å². The summed E-state index contributed by atoms with van der Waals surface area (Å²) in [5, 5.41) is 0. The van der Waals surface area contributed by atoms with E-state index in [0.717, 1.165) is 5.56 Å². The van der Waals surface area contributed by atoms with E-state index < -0.39 is 8.03 Å². The molecule has 4 heteroatoms. The average molecular weight is 213 g/mol. The van der Waals surface area contributed by atoms with Gasteiger partial charge in [0, 0.05) is 6.42 Å². The predicted molar refractivity (Wildman–Crippen MR) is 55.4 cm³/mol. The lowest BCUT2D eigenvalue weighted by atomic mass is 10.2. The molecular formula is C10H14O3P+. The van der Waals surface area contributed by atoms with Crippen LogP contribution in [0.5, 0.6) is 0 Å². The molecule has 0 heterocycles. The molecule has 1 N–H and O–H groups in total. The molecule has 1 unspecified atom stereocenters. The molecule has 0 aliphatic heterocycles. The quantitative estimate of drug-likeness (QED) is 0.582. The number of ether oxygens (including phenoxy) is 1. The molecule has 0 saturated heterocycles. The Bertz CT molecular complexity index is 274. The molecule has 76 valence electrons. The third-order valence-corrected chi connectivity index (χ3v) is 2.45. The summed E-state index contributed by atoms with van der Waals surface area (Å²) in [5.74, 6) is 0. The van der Waals surface area contributed by atoms with Crippen molar-refractivity contribution >= 4 is 8.03 Å². The molecule has 3 nitrogen and oxygen atoms in total. The highest BCUT2D eigenvalue weighted by molar-refractivity contribution is 7.37. The molecule has 0 saturated carbocycles. The summed E-state index contributed by atoms with van der Waals surface area (Å²) < 4.78 is 15.7. The Labute approximate surface area is 84.6 Å². The van der Waals surface area contributed by atoms with Gasteiger partial charge in [-0.15, -0.1) is 0 Å². The second kappa shape index (κ2) is 6.66. The predicted octanol–water partition coefficient (Wildman–Crippen LogP) is 2.33. The largest absolute Gasteiger partial charge is 0.505 e. The van der Waals surface area contributed by atoms with Crippen molar-refractivity contribution < 1.29 is 14.2 Å². The monoisotopic (exact) mass is 213 g/mol. The SMILES string of the molecule is O=[P+](O)CCCOCc1ccccc1. The molecule has 0 amide bonds. The minimum Gasteiger partial charge on any atom is -0.377 e. The third kappa shape index (κ3) is 5.07. The summed E-state index contributed by atoms with van der Waals surface area (Å²) in [6, 6.07) is 9.87.